The van der Waals surface area contributed by atoms with E-state index in [0.717, 1.165) is 12.8 Å². The highest BCUT2D eigenvalue weighted by atomic mass is 19.1. The third kappa shape index (κ3) is 2.95. The van der Waals surface area contributed by atoms with Gasteiger partial charge in [-0.2, -0.15) is 0 Å². The van der Waals surface area contributed by atoms with E-state index in [2.05, 4.69) is 0 Å². The molecule has 0 amide bonds. The summed E-state index contributed by atoms with van der Waals surface area (Å²) < 4.78 is 34.0. The minimum absolute atomic E-state index is 0.0498. The monoisotopic (exact) mass is 283 g/mol. The first-order valence-corrected chi connectivity index (χ1v) is 7.41. The number of nitrogens with zero attached hydrogens (tertiary/aromatic N) is 1. The van der Waals surface area contributed by atoms with Crippen molar-refractivity contribution in [1.29, 1.82) is 0 Å². The SMILES string of the molecule is CCC(CC)c1c(F)cc(N2CCOC[C@@H]2C)cc1F. The summed E-state index contributed by atoms with van der Waals surface area (Å²) in [6.07, 6.45) is 1.50. The highest BCUT2D eigenvalue weighted by molar-refractivity contribution is 5.50. The first-order valence-electron chi connectivity index (χ1n) is 7.41. The van der Waals surface area contributed by atoms with Crippen molar-refractivity contribution >= 4 is 5.69 Å². The Bertz CT molecular complexity index is 437. The normalized spacial score (nSPS) is 19.7. The lowest BCUT2D eigenvalue weighted by Crippen LogP contribution is -2.43. The number of anilines is 1. The Labute approximate surface area is 119 Å². The van der Waals surface area contributed by atoms with Crippen LogP contribution < -0.4 is 4.90 Å². The summed E-state index contributed by atoms with van der Waals surface area (Å²) in [6, 6.07) is 3.08. The summed E-state index contributed by atoms with van der Waals surface area (Å²) >= 11 is 0. The van der Waals surface area contributed by atoms with Gasteiger partial charge in [0.05, 0.1) is 13.2 Å². The van der Waals surface area contributed by atoms with Gasteiger partial charge in [0.2, 0.25) is 0 Å². The van der Waals surface area contributed by atoms with E-state index in [1.165, 1.54) is 12.1 Å². The Morgan fingerprint density at radius 2 is 1.85 bits per heavy atom. The quantitative estimate of drug-likeness (QED) is 0.825. The van der Waals surface area contributed by atoms with E-state index in [4.69, 9.17) is 4.74 Å². The largest absolute Gasteiger partial charge is 0.377 e. The number of rotatable bonds is 4. The van der Waals surface area contributed by atoms with Gasteiger partial charge in [-0.1, -0.05) is 13.8 Å². The van der Waals surface area contributed by atoms with E-state index in [1.54, 1.807) is 0 Å². The highest BCUT2D eigenvalue weighted by Gasteiger charge is 2.24. The lowest BCUT2D eigenvalue weighted by molar-refractivity contribution is 0.0989. The van der Waals surface area contributed by atoms with Gasteiger partial charge >= 0.3 is 0 Å². The first-order chi connectivity index (χ1) is 9.58. The zero-order valence-electron chi connectivity index (χ0n) is 12.5. The molecule has 2 rings (SSSR count). The van der Waals surface area contributed by atoms with Crippen LogP contribution in [-0.2, 0) is 4.74 Å². The van der Waals surface area contributed by atoms with Crippen LogP contribution in [0.1, 0.15) is 45.1 Å². The first kappa shape index (κ1) is 15.2. The van der Waals surface area contributed by atoms with Gasteiger partial charge in [0, 0.05) is 23.8 Å². The summed E-state index contributed by atoms with van der Waals surface area (Å²) in [5.74, 6) is -0.897. The van der Waals surface area contributed by atoms with Crippen LogP contribution in [0, 0.1) is 11.6 Å². The molecule has 0 spiro atoms. The zero-order chi connectivity index (χ0) is 14.7. The van der Waals surface area contributed by atoms with Gasteiger partial charge in [0.1, 0.15) is 11.6 Å². The second-order valence-corrected chi connectivity index (χ2v) is 5.45. The Hall–Kier alpha value is -1.16. The lowest BCUT2D eigenvalue weighted by atomic mass is 9.92. The van der Waals surface area contributed by atoms with Gasteiger partial charge in [-0.25, -0.2) is 8.78 Å². The van der Waals surface area contributed by atoms with Crippen molar-refractivity contribution in [2.24, 2.45) is 0 Å². The van der Waals surface area contributed by atoms with Crippen LogP contribution in [0.4, 0.5) is 14.5 Å². The molecule has 1 saturated heterocycles. The minimum atomic E-state index is -0.424. The summed E-state index contributed by atoms with van der Waals surface area (Å²) in [5, 5.41) is 0. The van der Waals surface area contributed by atoms with Crippen LogP contribution in [0.25, 0.3) is 0 Å². The average Bonchev–Trinajstić information content (AvgIpc) is 2.43. The van der Waals surface area contributed by atoms with Crippen LogP contribution in [0.15, 0.2) is 12.1 Å². The third-order valence-electron chi connectivity index (χ3n) is 4.16. The minimum Gasteiger partial charge on any atom is -0.377 e. The van der Waals surface area contributed by atoms with Crippen LogP contribution in [0.5, 0.6) is 0 Å². The van der Waals surface area contributed by atoms with Crippen molar-refractivity contribution in [3.05, 3.63) is 29.3 Å². The number of halogens is 2. The summed E-state index contributed by atoms with van der Waals surface area (Å²) in [7, 11) is 0. The van der Waals surface area contributed by atoms with Crippen molar-refractivity contribution in [2.45, 2.75) is 45.6 Å². The average molecular weight is 283 g/mol. The lowest BCUT2D eigenvalue weighted by Gasteiger charge is -2.35. The molecule has 0 radical (unpaired) electrons. The predicted molar refractivity (Wildman–Crippen MR) is 77.3 cm³/mol. The van der Waals surface area contributed by atoms with Gasteiger partial charge in [-0.3, -0.25) is 0 Å². The van der Waals surface area contributed by atoms with Gasteiger partial charge in [0.15, 0.2) is 0 Å². The Morgan fingerprint density at radius 3 is 2.35 bits per heavy atom. The molecule has 0 bridgehead atoms. The van der Waals surface area contributed by atoms with Crippen molar-refractivity contribution in [2.75, 3.05) is 24.7 Å². The molecule has 0 aromatic heterocycles. The van der Waals surface area contributed by atoms with Crippen LogP contribution >= 0.6 is 0 Å². The number of benzene rings is 1. The smallest absolute Gasteiger partial charge is 0.131 e. The van der Waals surface area contributed by atoms with Crippen molar-refractivity contribution in [1.82, 2.24) is 0 Å². The number of ether oxygens (including phenoxy) is 1. The Morgan fingerprint density at radius 1 is 1.25 bits per heavy atom. The molecule has 0 aliphatic carbocycles. The molecule has 1 fully saturated rings. The highest BCUT2D eigenvalue weighted by Crippen LogP contribution is 2.32. The molecule has 1 aliphatic heterocycles. The maximum atomic E-state index is 14.3. The van der Waals surface area contributed by atoms with E-state index in [9.17, 15) is 8.78 Å². The van der Waals surface area contributed by atoms with Crippen LogP contribution in [0.3, 0.4) is 0 Å². The zero-order valence-corrected chi connectivity index (χ0v) is 12.5. The van der Waals surface area contributed by atoms with Gasteiger partial charge in [-0.05, 0) is 37.8 Å². The van der Waals surface area contributed by atoms with Crippen molar-refractivity contribution in [3.63, 3.8) is 0 Å². The molecule has 1 aliphatic rings. The number of hydrogen-bond acceptors (Lipinski definition) is 2. The van der Waals surface area contributed by atoms with Gasteiger partial charge < -0.3 is 9.64 Å². The van der Waals surface area contributed by atoms with Gasteiger partial charge in [0.25, 0.3) is 0 Å². The van der Waals surface area contributed by atoms with Crippen molar-refractivity contribution < 1.29 is 13.5 Å². The molecule has 0 unspecified atom stereocenters. The van der Waals surface area contributed by atoms with Gasteiger partial charge in [-0.15, -0.1) is 0 Å². The molecule has 1 aromatic carbocycles. The predicted octanol–water partition coefficient (Wildman–Crippen LogP) is 4.09. The third-order valence-corrected chi connectivity index (χ3v) is 4.16. The molecule has 112 valence electrons. The molecule has 20 heavy (non-hydrogen) atoms. The number of morpholine rings is 1. The fraction of sp³-hybridized carbons (Fsp3) is 0.625. The fourth-order valence-electron chi connectivity index (χ4n) is 2.93. The van der Waals surface area contributed by atoms with E-state index < -0.39 is 11.6 Å². The molecule has 1 atom stereocenters. The van der Waals surface area contributed by atoms with E-state index in [1.807, 2.05) is 25.7 Å². The Kier molecular flexibility index (Phi) is 4.97. The second kappa shape index (κ2) is 6.53. The topological polar surface area (TPSA) is 12.5 Å². The van der Waals surface area contributed by atoms with Crippen LogP contribution in [-0.4, -0.2) is 25.8 Å². The molecular formula is C16H23F2NO. The molecule has 1 aromatic rings. The molecule has 0 N–H and O–H groups in total. The fourth-order valence-corrected chi connectivity index (χ4v) is 2.93. The van der Waals surface area contributed by atoms with Crippen LogP contribution in [0.2, 0.25) is 0 Å². The molecule has 0 saturated carbocycles. The number of hydrogen-bond donors (Lipinski definition) is 0. The summed E-state index contributed by atoms with van der Waals surface area (Å²) in [5.41, 5.74) is 0.852. The standard InChI is InChI=1S/C16H23F2NO/c1-4-12(5-2)16-14(17)8-13(9-15(16)18)19-6-7-20-10-11(19)3/h8-9,11-12H,4-7,10H2,1-3H3/t11-/m0/s1. The molecule has 2 nitrogen and oxygen atoms in total. The summed E-state index contributed by atoms with van der Waals surface area (Å²) in [6.45, 7) is 7.80. The van der Waals surface area contributed by atoms with Crippen molar-refractivity contribution in [3.8, 4) is 0 Å². The van der Waals surface area contributed by atoms with E-state index in [-0.39, 0.29) is 17.5 Å². The molecular weight excluding hydrogens is 260 g/mol. The van der Waals surface area contributed by atoms with E-state index >= 15 is 0 Å². The maximum absolute atomic E-state index is 14.3. The molecule has 4 heteroatoms. The molecule has 1 heterocycles. The Balaban J connectivity index is 2.34. The maximum Gasteiger partial charge on any atom is 0.131 e. The van der Waals surface area contributed by atoms with E-state index in [0.29, 0.717) is 25.4 Å². The summed E-state index contributed by atoms with van der Waals surface area (Å²) in [4.78, 5) is 2.01. The second-order valence-electron chi connectivity index (χ2n) is 5.45.